The van der Waals surface area contributed by atoms with Crippen molar-refractivity contribution < 1.29 is 14.3 Å². The molecule has 3 aromatic rings. The fourth-order valence-corrected chi connectivity index (χ4v) is 4.92. The number of hydrogen-bond donors (Lipinski definition) is 2. The second kappa shape index (κ2) is 11.7. The normalized spacial score (nSPS) is 12.9. The van der Waals surface area contributed by atoms with Gasteiger partial charge >= 0.3 is 11.8 Å². The molecule has 0 radical (unpaired) electrons. The number of rotatable bonds is 7. The summed E-state index contributed by atoms with van der Waals surface area (Å²) in [6, 6.07) is 12.1. The minimum Gasteiger partial charge on any atom is -0.444 e. The minimum atomic E-state index is -0.599. The molecule has 10 nitrogen and oxygen atoms in total. The molecule has 1 aliphatic rings. The van der Waals surface area contributed by atoms with Gasteiger partial charge in [-0.15, -0.1) is 11.8 Å². The minimum absolute atomic E-state index is 0.238. The van der Waals surface area contributed by atoms with Crippen LogP contribution in [0.5, 0.6) is 0 Å². The highest BCUT2D eigenvalue weighted by molar-refractivity contribution is 7.99. The van der Waals surface area contributed by atoms with Gasteiger partial charge in [-0.25, -0.2) is 14.6 Å². The van der Waals surface area contributed by atoms with Gasteiger partial charge in [0.2, 0.25) is 0 Å². The van der Waals surface area contributed by atoms with Crippen molar-refractivity contribution in [3.63, 3.8) is 0 Å². The van der Waals surface area contributed by atoms with E-state index >= 15 is 0 Å². The molecule has 1 aromatic carbocycles. The van der Waals surface area contributed by atoms with Crippen LogP contribution in [0.25, 0.3) is 11.1 Å². The Hall–Kier alpha value is -3.86. The Morgan fingerprint density at radius 3 is 2.50 bits per heavy atom. The molecular formula is C27H31N5O5S. The third-order valence-corrected chi connectivity index (χ3v) is 6.86. The molecule has 2 aromatic heterocycles. The molecule has 0 unspecified atom stereocenters. The fraction of sp³-hybridized carbons (Fsp3) is 0.370. The number of ether oxygens (including phenoxy) is 1. The third-order valence-electron chi connectivity index (χ3n) is 5.73. The Kier molecular flexibility index (Phi) is 8.35. The predicted octanol–water partition coefficient (Wildman–Crippen LogP) is 3.73. The van der Waals surface area contributed by atoms with Crippen molar-refractivity contribution in [3.8, 4) is 11.1 Å². The van der Waals surface area contributed by atoms with Crippen LogP contribution in [0.4, 0.5) is 10.6 Å². The van der Waals surface area contributed by atoms with Crippen molar-refractivity contribution in [1.29, 1.82) is 0 Å². The van der Waals surface area contributed by atoms with E-state index in [1.54, 1.807) is 49.7 Å². The number of thioether (sulfide) groups is 1. The van der Waals surface area contributed by atoms with Crippen molar-refractivity contribution in [2.24, 2.45) is 0 Å². The van der Waals surface area contributed by atoms with Gasteiger partial charge in [-0.05, 0) is 63.4 Å². The molecule has 0 bridgehead atoms. The largest absolute Gasteiger partial charge is 0.444 e. The van der Waals surface area contributed by atoms with E-state index in [0.717, 1.165) is 28.3 Å². The number of benzene rings is 1. The first-order valence-corrected chi connectivity index (χ1v) is 13.4. The van der Waals surface area contributed by atoms with Crippen LogP contribution in [0.1, 0.15) is 44.0 Å². The van der Waals surface area contributed by atoms with E-state index in [4.69, 9.17) is 4.74 Å². The molecule has 0 saturated carbocycles. The first-order valence-electron chi connectivity index (χ1n) is 12.4. The summed E-state index contributed by atoms with van der Waals surface area (Å²) in [6.07, 6.45) is 2.42. The first-order chi connectivity index (χ1) is 18.1. The van der Waals surface area contributed by atoms with Crippen LogP contribution in [0.15, 0.2) is 63.3 Å². The summed E-state index contributed by atoms with van der Waals surface area (Å²) < 4.78 is 8.11. The van der Waals surface area contributed by atoms with Crippen molar-refractivity contribution in [1.82, 2.24) is 19.4 Å². The average Bonchev–Trinajstić information content (AvgIpc) is 2.87. The number of pyridine rings is 1. The summed E-state index contributed by atoms with van der Waals surface area (Å²) in [5.41, 5.74) is 0.992. The zero-order valence-electron chi connectivity index (χ0n) is 21.7. The van der Waals surface area contributed by atoms with Crippen LogP contribution in [0.2, 0.25) is 0 Å². The van der Waals surface area contributed by atoms with E-state index in [9.17, 15) is 19.2 Å². The summed E-state index contributed by atoms with van der Waals surface area (Å²) >= 11 is 1.53. The zero-order valence-corrected chi connectivity index (χ0v) is 22.5. The number of fused-ring (bicyclic) bond motifs is 1. The summed E-state index contributed by atoms with van der Waals surface area (Å²) in [7, 11) is 0. The Labute approximate surface area is 224 Å². The lowest BCUT2D eigenvalue weighted by molar-refractivity contribution is 0.0635. The molecule has 3 heterocycles. The number of anilines is 1. The molecule has 4 rings (SSSR count). The van der Waals surface area contributed by atoms with Gasteiger partial charge in [0.25, 0.3) is 11.5 Å². The number of carbonyl (C=O) groups is 2. The van der Waals surface area contributed by atoms with Gasteiger partial charge in [0.05, 0.1) is 5.03 Å². The van der Waals surface area contributed by atoms with Gasteiger partial charge in [0.1, 0.15) is 11.4 Å². The van der Waals surface area contributed by atoms with E-state index in [1.165, 1.54) is 22.4 Å². The highest BCUT2D eigenvalue weighted by Gasteiger charge is 2.17. The molecule has 38 heavy (non-hydrogen) atoms. The molecular weight excluding hydrogens is 506 g/mol. The lowest BCUT2D eigenvalue weighted by atomic mass is 10.1. The maximum atomic E-state index is 12.6. The summed E-state index contributed by atoms with van der Waals surface area (Å²) in [6.45, 7) is 6.55. The van der Waals surface area contributed by atoms with E-state index in [1.807, 2.05) is 18.2 Å². The predicted molar refractivity (Wildman–Crippen MR) is 147 cm³/mol. The van der Waals surface area contributed by atoms with Crippen LogP contribution < -0.4 is 21.9 Å². The molecule has 2 N–H and O–H groups in total. The Morgan fingerprint density at radius 1 is 1.08 bits per heavy atom. The van der Waals surface area contributed by atoms with Gasteiger partial charge < -0.3 is 10.1 Å². The summed E-state index contributed by atoms with van der Waals surface area (Å²) in [4.78, 5) is 53.7. The smallest absolute Gasteiger partial charge is 0.413 e. The summed E-state index contributed by atoms with van der Waals surface area (Å²) in [5, 5.41) is 6.16. The fourth-order valence-electron chi connectivity index (χ4n) is 3.93. The maximum absolute atomic E-state index is 12.6. The Bertz CT molecular complexity index is 1420. The quantitative estimate of drug-likeness (QED) is 0.348. The van der Waals surface area contributed by atoms with Crippen LogP contribution in [0.3, 0.4) is 0 Å². The number of amides is 2. The van der Waals surface area contributed by atoms with Crippen molar-refractivity contribution in [3.05, 3.63) is 75.1 Å². The Morgan fingerprint density at radius 2 is 1.82 bits per heavy atom. The van der Waals surface area contributed by atoms with Crippen LogP contribution in [-0.2, 0) is 17.8 Å². The second-order valence-corrected chi connectivity index (χ2v) is 11.0. The summed E-state index contributed by atoms with van der Waals surface area (Å²) in [5.74, 6) is 1.04. The topological polar surface area (TPSA) is 124 Å². The van der Waals surface area contributed by atoms with Gasteiger partial charge in [0.15, 0.2) is 0 Å². The van der Waals surface area contributed by atoms with Gasteiger partial charge in [-0.3, -0.25) is 24.0 Å². The van der Waals surface area contributed by atoms with Crippen LogP contribution in [-0.4, -0.2) is 44.0 Å². The lowest BCUT2D eigenvalue weighted by Gasteiger charge is -2.19. The number of carbonyl (C=O) groups excluding carboxylic acids is 2. The molecule has 0 saturated heterocycles. The highest BCUT2D eigenvalue weighted by Crippen LogP contribution is 2.22. The van der Waals surface area contributed by atoms with Crippen LogP contribution in [0, 0.1) is 0 Å². The first kappa shape index (κ1) is 27.2. The van der Waals surface area contributed by atoms with Crippen molar-refractivity contribution >= 4 is 29.6 Å². The monoisotopic (exact) mass is 537 g/mol. The molecule has 0 fully saturated rings. The average molecular weight is 538 g/mol. The molecule has 0 spiro atoms. The number of hydrogen-bond acceptors (Lipinski definition) is 7. The molecule has 11 heteroatoms. The molecule has 0 atom stereocenters. The number of nitrogens with one attached hydrogen (secondary N) is 2. The zero-order chi connectivity index (χ0) is 27.3. The Balaban J connectivity index is 1.29. The standard InChI is InChI=1S/C27H31N5O5S/c1-27(2,3)37-25(35)30-21-11-10-20(17-29-21)18-6-8-19(9-7-18)24(34)28-12-4-13-31-22(33)16-23-32(26(31)36)14-5-15-38-23/h6-11,16-17H,4-5,12-15H2,1-3H3,(H,28,34)(H,29,30,35). The van der Waals surface area contributed by atoms with E-state index in [2.05, 4.69) is 15.6 Å². The molecule has 1 aliphatic heterocycles. The van der Waals surface area contributed by atoms with Gasteiger partial charge in [-0.1, -0.05) is 12.1 Å². The number of aromatic nitrogens is 3. The van der Waals surface area contributed by atoms with E-state index in [0.29, 0.717) is 30.9 Å². The molecule has 200 valence electrons. The third kappa shape index (κ3) is 6.91. The van der Waals surface area contributed by atoms with E-state index in [-0.39, 0.29) is 23.7 Å². The van der Waals surface area contributed by atoms with Crippen molar-refractivity contribution in [2.75, 3.05) is 17.6 Å². The van der Waals surface area contributed by atoms with E-state index < -0.39 is 11.7 Å². The highest BCUT2D eigenvalue weighted by atomic mass is 32.2. The van der Waals surface area contributed by atoms with Gasteiger partial charge in [-0.2, -0.15) is 0 Å². The van der Waals surface area contributed by atoms with Crippen molar-refractivity contribution in [2.45, 2.75) is 57.3 Å². The second-order valence-electron chi connectivity index (χ2n) is 9.85. The molecule has 2 amide bonds. The lowest BCUT2D eigenvalue weighted by Crippen LogP contribution is -2.41. The van der Waals surface area contributed by atoms with Gasteiger partial charge in [0, 0.05) is 48.8 Å². The maximum Gasteiger partial charge on any atom is 0.413 e. The van der Waals surface area contributed by atoms with Crippen LogP contribution >= 0.6 is 11.8 Å². The molecule has 0 aliphatic carbocycles. The SMILES string of the molecule is CC(C)(C)OC(=O)Nc1ccc(-c2ccc(C(=O)NCCCn3c(=O)cc4n(c3=O)CCCS4)cc2)cn1. The number of nitrogens with zero attached hydrogens (tertiary/aromatic N) is 3.